The molecule has 1 aromatic carbocycles. The molecule has 0 saturated carbocycles. The number of alkyl halides is 3. The average Bonchev–Trinajstić information content (AvgIpc) is 2.77. The number of hydrogen-bond acceptors (Lipinski definition) is 2. The molecule has 0 radical (unpaired) electrons. The monoisotopic (exact) mass is 324 g/mol. The highest BCUT2D eigenvalue weighted by molar-refractivity contribution is 6.42. The van der Waals surface area contributed by atoms with Crippen LogP contribution in [0, 0.1) is 10.1 Å². The lowest BCUT2D eigenvalue weighted by Gasteiger charge is -2.03. The second-order valence-electron chi connectivity index (χ2n) is 3.83. The summed E-state index contributed by atoms with van der Waals surface area (Å²) in [7, 11) is 0. The number of aromatic nitrogens is 1. The van der Waals surface area contributed by atoms with Crippen LogP contribution in [0.25, 0.3) is 11.3 Å². The van der Waals surface area contributed by atoms with Crippen molar-refractivity contribution < 1.29 is 18.1 Å². The Kier molecular flexibility index (Phi) is 3.66. The molecule has 20 heavy (non-hydrogen) atoms. The molecule has 0 spiro atoms. The molecule has 1 heterocycles. The minimum Gasteiger partial charge on any atom is -0.345 e. The molecule has 0 atom stereocenters. The molecule has 0 fully saturated rings. The fourth-order valence-electron chi connectivity index (χ4n) is 1.62. The molecule has 0 saturated heterocycles. The van der Waals surface area contributed by atoms with Gasteiger partial charge < -0.3 is 4.98 Å². The van der Waals surface area contributed by atoms with Crippen molar-refractivity contribution in [3.8, 4) is 11.3 Å². The zero-order valence-electron chi connectivity index (χ0n) is 9.46. The number of halogens is 5. The zero-order chi connectivity index (χ0) is 15.1. The van der Waals surface area contributed by atoms with Crippen molar-refractivity contribution in [3.63, 3.8) is 0 Å². The van der Waals surface area contributed by atoms with E-state index in [2.05, 4.69) is 0 Å². The Morgan fingerprint density at radius 3 is 2.25 bits per heavy atom. The van der Waals surface area contributed by atoms with Gasteiger partial charge in [-0.15, -0.1) is 0 Å². The van der Waals surface area contributed by atoms with Crippen molar-refractivity contribution in [1.82, 2.24) is 4.98 Å². The van der Waals surface area contributed by atoms with Gasteiger partial charge in [-0.1, -0.05) is 29.3 Å². The standard InChI is InChI=1S/C11H5Cl2F3N2O2/c12-6-2-1-5(3-7(6)13)8-4-9(18(19)20)10(17-8)11(14,15)16/h1-4,17H. The molecular formula is C11H5Cl2F3N2O2. The number of rotatable bonds is 2. The van der Waals surface area contributed by atoms with Crippen LogP contribution >= 0.6 is 23.2 Å². The maximum absolute atomic E-state index is 12.7. The first-order valence-electron chi connectivity index (χ1n) is 5.10. The summed E-state index contributed by atoms with van der Waals surface area (Å²) >= 11 is 11.5. The maximum Gasteiger partial charge on any atom is 0.438 e. The number of hydrogen-bond donors (Lipinski definition) is 1. The number of aromatic amines is 1. The van der Waals surface area contributed by atoms with Gasteiger partial charge in [-0.2, -0.15) is 13.2 Å². The van der Waals surface area contributed by atoms with E-state index < -0.39 is 22.5 Å². The smallest absolute Gasteiger partial charge is 0.345 e. The van der Waals surface area contributed by atoms with Crippen LogP contribution < -0.4 is 0 Å². The molecule has 1 aromatic heterocycles. The van der Waals surface area contributed by atoms with Crippen molar-refractivity contribution in [2.75, 3.05) is 0 Å². The number of nitrogens with zero attached hydrogens (tertiary/aromatic N) is 1. The molecule has 9 heteroatoms. The molecule has 0 aliphatic heterocycles. The predicted octanol–water partition coefficient (Wildman–Crippen LogP) is 4.92. The van der Waals surface area contributed by atoms with Crippen molar-refractivity contribution in [2.24, 2.45) is 0 Å². The lowest BCUT2D eigenvalue weighted by atomic mass is 10.1. The molecule has 0 bridgehead atoms. The molecule has 0 aliphatic rings. The van der Waals surface area contributed by atoms with Gasteiger partial charge in [0.1, 0.15) is 0 Å². The SMILES string of the molecule is O=[N+]([O-])c1cc(-c2ccc(Cl)c(Cl)c2)[nH]c1C(F)(F)F. The summed E-state index contributed by atoms with van der Waals surface area (Å²) in [5.41, 5.74) is -2.26. The normalized spacial score (nSPS) is 11.7. The quantitative estimate of drug-likeness (QED) is 0.629. The summed E-state index contributed by atoms with van der Waals surface area (Å²) in [5.74, 6) is 0. The van der Waals surface area contributed by atoms with E-state index >= 15 is 0 Å². The van der Waals surface area contributed by atoms with E-state index in [9.17, 15) is 23.3 Å². The summed E-state index contributed by atoms with van der Waals surface area (Å²) in [5, 5.41) is 11.0. The lowest BCUT2D eigenvalue weighted by Crippen LogP contribution is -2.08. The first-order valence-corrected chi connectivity index (χ1v) is 5.85. The third-order valence-electron chi connectivity index (χ3n) is 2.51. The third-order valence-corrected chi connectivity index (χ3v) is 3.25. The Morgan fingerprint density at radius 1 is 1.15 bits per heavy atom. The largest absolute Gasteiger partial charge is 0.438 e. The van der Waals surface area contributed by atoms with E-state index in [1.54, 1.807) is 0 Å². The number of nitro groups is 1. The molecule has 0 aliphatic carbocycles. The molecule has 0 unspecified atom stereocenters. The Morgan fingerprint density at radius 2 is 1.80 bits per heavy atom. The highest BCUT2D eigenvalue weighted by Crippen LogP contribution is 2.39. The van der Waals surface area contributed by atoms with E-state index in [1.165, 1.54) is 18.2 Å². The summed E-state index contributed by atoms with van der Waals surface area (Å²) in [6, 6.07) is 4.92. The molecule has 0 amide bonds. The van der Waals surface area contributed by atoms with E-state index in [0.717, 1.165) is 6.07 Å². The van der Waals surface area contributed by atoms with Gasteiger partial charge in [0.25, 0.3) is 5.69 Å². The molecule has 106 valence electrons. The van der Waals surface area contributed by atoms with E-state index in [0.29, 0.717) is 0 Å². The van der Waals surface area contributed by atoms with Gasteiger partial charge >= 0.3 is 6.18 Å². The number of benzene rings is 1. The third kappa shape index (κ3) is 2.73. The van der Waals surface area contributed by atoms with Crippen molar-refractivity contribution in [2.45, 2.75) is 6.18 Å². The average molecular weight is 325 g/mol. The fraction of sp³-hybridized carbons (Fsp3) is 0.0909. The van der Waals surface area contributed by atoms with Crippen LogP contribution in [0.4, 0.5) is 18.9 Å². The summed E-state index contributed by atoms with van der Waals surface area (Å²) in [4.78, 5) is 11.6. The van der Waals surface area contributed by atoms with E-state index in [4.69, 9.17) is 23.2 Å². The minimum atomic E-state index is -4.85. The fourth-order valence-corrected chi connectivity index (χ4v) is 1.92. The molecule has 2 aromatic rings. The number of nitrogens with one attached hydrogen (secondary N) is 1. The number of H-pyrrole nitrogens is 1. The summed E-state index contributed by atoms with van der Waals surface area (Å²) < 4.78 is 38.1. The summed E-state index contributed by atoms with van der Waals surface area (Å²) in [6.07, 6.45) is -4.85. The second-order valence-corrected chi connectivity index (χ2v) is 4.64. The molecule has 2 rings (SSSR count). The van der Waals surface area contributed by atoms with Crippen LogP contribution in [0.3, 0.4) is 0 Å². The lowest BCUT2D eigenvalue weighted by molar-refractivity contribution is -0.388. The highest BCUT2D eigenvalue weighted by atomic mass is 35.5. The van der Waals surface area contributed by atoms with Gasteiger partial charge in [-0.05, 0) is 17.7 Å². The Bertz CT molecular complexity index is 683. The minimum absolute atomic E-state index is 0.0670. The topological polar surface area (TPSA) is 58.9 Å². The van der Waals surface area contributed by atoms with Crippen LogP contribution in [0.15, 0.2) is 24.3 Å². The Hall–Kier alpha value is -1.73. The molecular weight excluding hydrogens is 320 g/mol. The first kappa shape index (κ1) is 14.7. The second kappa shape index (κ2) is 4.99. The predicted molar refractivity (Wildman–Crippen MR) is 67.9 cm³/mol. The zero-order valence-corrected chi connectivity index (χ0v) is 11.0. The van der Waals surface area contributed by atoms with Crippen molar-refractivity contribution >= 4 is 28.9 Å². The van der Waals surface area contributed by atoms with Gasteiger partial charge in [0.15, 0.2) is 5.69 Å². The van der Waals surface area contributed by atoms with Gasteiger partial charge in [-0.25, -0.2) is 0 Å². The van der Waals surface area contributed by atoms with Crippen LogP contribution in [-0.4, -0.2) is 9.91 Å². The molecule has 1 N–H and O–H groups in total. The van der Waals surface area contributed by atoms with Gasteiger partial charge in [-0.3, -0.25) is 10.1 Å². The van der Waals surface area contributed by atoms with Crippen LogP contribution in [0.5, 0.6) is 0 Å². The van der Waals surface area contributed by atoms with E-state index in [-0.39, 0.29) is 21.3 Å². The summed E-state index contributed by atoms with van der Waals surface area (Å²) in [6.45, 7) is 0. The van der Waals surface area contributed by atoms with Gasteiger partial charge in [0, 0.05) is 6.07 Å². The van der Waals surface area contributed by atoms with Gasteiger partial charge in [0.05, 0.1) is 20.7 Å². The Labute approximate surface area is 120 Å². The molecule has 4 nitrogen and oxygen atoms in total. The van der Waals surface area contributed by atoms with Crippen molar-refractivity contribution in [3.05, 3.63) is 50.1 Å². The van der Waals surface area contributed by atoms with Gasteiger partial charge in [0.2, 0.25) is 0 Å². The maximum atomic E-state index is 12.7. The van der Waals surface area contributed by atoms with E-state index in [1.807, 2.05) is 4.98 Å². The first-order chi connectivity index (χ1) is 9.20. The van der Waals surface area contributed by atoms with Crippen LogP contribution in [-0.2, 0) is 6.18 Å². The van der Waals surface area contributed by atoms with Crippen molar-refractivity contribution in [1.29, 1.82) is 0 Å². The van der Waals surface area contributed by atoms with Crippen LogP contribution in [0.1, 0.15) is 5.69 Å². The van der Waals surface area contributed by atoms with Crippen LogP contribution in [0.2, 0.25) is 10.0 Å². The Balaban J connectivity index is 2.58. The highest BCUT2D eigenvalue weighted by Gasteiger charge is 2.41.